The van der Waals surface area contributed by atoms with E-state index >= 15 is 0 Å². The van der Waals surface area contributed by atoms with Crippen LogP contribution in [0.25, 0.3) is 0 Å². The molecule has 1 aliphatic rings. The molecule has 0 aliphatic carbocycles. The van der Waals surface area contributed by atoms with Crippen LogP contribution in [0.5, 0.6) is 0 Å². The fourth-order valence-electron chi connectivity index (χ4n) is 1.94. The zero-order chi connectivity index (χ0) is 9.97. The summed E-state index contributed by atoms with van der Waals surface area (Å²) in [6.45, 7) is 3.16. The first-order valence-electron chi connectivity index (χ1n) is 5.10. The fourth-order valence-corrected chi connectivity index (χ4v) is 2.05. The topological polar surface area (TPSA) is 24.9 Å². The Labute approximate surface area is 89.7 Å². The predicted octanol–water partition coefficient (Wildman–Crippen LogP) is 2.34. The average molecular weight is 211 g/mol. The highest BCUT2D eigenvalue weighted by Gasteiger charge is 2.14. The summed E-state index contributed by atoms with van der Waals surface area (Å²) in [6.07, 6.45) is 5.53. The smallest absolute Gasteiger partial charge is 0.131 e. The van der Waals surface area contributed by atoms with Crippen LogP contribution in [-0.2, 0) is 6.42 Å². The van der Waals surface area contributed by atoms with E-state index in [2.05, 4.69) is 16.4 Å². The maximum Gasteiger partial charge on any atom is 0.131 e. The van der Waals surface area contributed by atoms with Gasteiger partial charge in [-0.05, 0) is 43.9 Å². The maximum atomic E-state index is 5.87. The quantitative estimate of drug-likeness (QED) is 0.758. The third kappa shape index (κ3) is 2.25. The standard InChI is InChI=1S/C11H15ClN2/c1-8-5-9(7-14-11(8)12)6-10-3-2-4-13-10/h5,7,10,13H,2-4,6H2,1H3. The number of halogens is 1. The van der Waals surface area contributed by atoms with Crippen LogP contribution in [0, 0.1) is 6.92 Å². The van der Waals surface area contributed by atoms with E-state index < -0.39 is 0 Å². The Hall–Kier alpha value is -0.600. The van der Waals surface area contributed by atoms with E-state index in [0.29, 0.717) is 11.2 Å². The van der Waals surface area contributed by atoms with Crippen LogP contribution in [0.3, 0.4) is 0 Å². The fraction of sp³-hybridized carbons (Fsp3) is 0.545. The number of hydrogen-bond donors (Lipinski definition) is 1. The second-order valence-electron chi connectivity index (χ2n) is 3.95. The molecule has 2 nitrogen and oxygen atoms in total. The van der Waals surface area contributed by atoms with Gasteiger partial charge in [0.05, 0.1) is 0 Å². The van der Waals surface area contributed by atoms with Crippen molar-refractivity contribution in [2.75, 3.05) is 6.54 Å². The molecular weight excluding hydrogens is 196 g/mol. The van der Waals surface area contributed by atoms with Gasteiger partial charge < -0.3 is 5.32 Å². The van der Waals surface area contributed by atoms with E-state index in [4.69, 9.17) is 11.6 Å². The SMILES string of the molecule is Cc1cc(CC2CCCN2)cnc1Cl. The molecule has 1 N–H and O–H groups in total. The van der Waals surface area contributed by atoms with Crippen molar-refractivity contribution in [1.29, 1.82) is 0 Å². The molecule has 1 aromatic heterocycles. The predicted molar refractivity (Wildman–Crippen MR) is 58.7 cm³/mol. The normalized spacial score (nSPS) is 21.4. The van der Waals surface area contributed by atoms with Crippen molar-refractivity contribution >= 4 is 11.6 Å². The van der Waals surface area contributed by atoms with Gasteiger partial charge in [0.1, 0.15) is 5.15 Å². The molecule has 76 valence electrons. The van der Waals surface area contributed by atoms with Crippen molar-refractivity contribution in [3.05, 3.63) is 28.5 Å². The third-order valence-electron chi connectivity index (χ3n) is 2.72. The molecule has 0 radical (unpaired) electrons. The van der Waals surface area contributed by atoms with Crippen LogP contribution in [-0.4, -0.2) is 17.6 Å². The lowest BCUT2D eigenvalue weighted by Crippen LogP contribution is -2.23. The van der Waals surface area contributed by atoms with E-state index in [-0.39, 0.29) is 0 Å². The van der Waals surface area contributed by atoms with Crippen molar-refractivity contribution in [3.63, 3.8) is 0 Å². The Morgan fingerprint density at radius 2 is 2.50 bits per heavy atom. The molecule has 1 atom stereocenters. The largest absolute Gasteiger partial charge is 0.314 e. The number of aryl methyl sites for hydroxylation is 1. The van der Waals surface area contributed by atoms with Crippen LogP contribution in [0.15, 0.2) is 12.3 Å². The Bertz CT molecular complexity index is 319. The van der Waals surface area contributed by atoms with Gasteiger partial charge in [0.15, 0.2) is 0 Å². The molecule has 0 amide bonds. The molecular formula is C11H15ClN2. The molecule has 0 spiro atoms. The average Bonchev–Trinajstić information content (AvgIpc) is 2.64. The summed E-state index contributed by atoms with van der Waals surface area (Å²) in [6, 6.07) is 2.77. The first kappa shape index (κ1) is 9.94. The van der Waals surface area contributed by atoms with Crippen molar-refractivity contribution < 1.29 is 0 Å². The molecule has 0 saturated carbocycles. The molecule has 1 fully saturated rings. The van der Waals surface area contributed by atoms with E-state index in [1.165, 1.54) is 18.4 Å². The van der Waals surface area contributed by atoms with Crippen LogP contribution in [0.2, 0.25) is 5.15 Å². The molecule has 14 heavy (non-hydrogen) atoms. The number of rotatable bonds is 2. The summed E-state index contributed by atoms with van der Waals surface area (Å²) in [5.41, 5.74) is 2.36. The minimum Gasteiger partial charge on any atom is -0.314 e. The van der Waals surface area contributed by atoms with E-state index in [9.17, 15) is 0 Å². The summed E-state index contributed by atoms with van der Waals surface area (Å²) in [5.74, 6) is 0. The maximum absolute atomic E-state index is 5.87. The van der Waals surface area contributed by atoms with Crippen molar-refractivity contribution in [2.24, 2.45) is 0 Å². The first-order valence-corrected chi connectivity index (χ1v) is 5.48. The lowest BCUT2D eigenvalue weighted by molar-refractivity contribution is 0.602. The van der Waals surface area contributed by atoms with Crippen molar-refractivity contribution in [1.82, 2.24) is 10.3 Å². The third-order valence-corrected chi connectivity index (χ3v) is 3.11. The molecule has 3 heteroatoms. The number of nitrogens with zero attached hydrogens (tertiary/aromatic N) is 1. The summed E-state index contributed by atoms with van der Waals surface area (Å²) in [4.78, 5) is 4.16. The number of aromatic nitrogens is 1. The lowest BCUT2D eigenvalue weighted by atomic mass is 10.1. The van der Waals surface area contributed by atoms with Crippen LogP contribution in [0.4, 0.5) is 0 Å². The molecule has 2 rings (SSSR count). The summed E-state index contributed by atoms with van der Waals surface area (Å²) in [7, 11) is 0. The summed E-state index contributed by atoms with van der Waals surface area (Å²) in [5, 5.41) is 4.10. The van der Waals surface area contributed by atoms with E-state index in [1.54, 1.807) is 0 Å². The van der Waals surface area contributed by atoms with Gasteiger partial charge >= 0.3 is 0 Å². The number of pyridine rings is 1. The van der Waals surface area contributed by atoms with Gasteiger partial charge in [0, 0.05) is 12.2 Å². The molecule has 0 aromatic carbocycles. The first-order chi connectivity index (χ1) is 6.75. The van der Waals surface area contributed by atoms with Crippen molar-refractivity contribution in [2.45, 2.75) is 32.2 Å². The molecule has 2 heterocycles. The highest BCUT2D eigenvalue weighted by Crippen LogP contribution is 2.16. The van der Waals surface area contributed by atoms with Gasteiger partial charge in [-0.3, -0.25) is 0 Å². The van der Waals surface area contributed by atoms with Gasteiger partial charge in [-0.1, -0.05) is 17.7 Å². The van der Waals surface area contributed by atoms with Crippen LogP contribution >= 0.6 is 11.6 Å². The van der Waals surface area contributed by atoms with Gasteiger partial charge in [-0.2, -0.15) is 0 Å². The Morgan fingerprint density at radius 3 is 3.14 bits per heavy atom. The Balaban J connectivity index is 2.05. The molecule has 1 aliphatic heterocycles. The Morgan fingerprint density at radius 1 is 1.64 bits per heavy atom. The van der Waals surface area contributed by atoms with Gasteiger partial charge in [-0.25, -0.2) is 4.98 Å². The highest BCUT2D eigenvalue weighted by molar-refractivity contribution is 6.30. The van der Waals surface area contributed by atoms with E-state index in [0.717, 1.165) is 18.5 Å². The highest BCUT2D eigenvalue weighted by atomic mass is 35.5. The second kappa shape index (κ2) is 4.28. The number of nitrogens with one attached hydrogen (secondary N) is 1. The van der Waals surface area contributed by atoms with Gasteiger partial charge in [0.2, 0.25) is 0 Å². The molecule has 1 saturated heterocycles. The minimum absolute atomic E-state index is 0.619. The van der Waals surface area contributed by atoms with Crippen molar-refractivity contribution in [3.8, 4) is 0 Å². The molecule has 0 bridgehead atoms. The zero-order valence-corrected chi connectivity index (χ0v) is 9.14. The summed E-state index contributed by atoms with van der Waals surface area (Å²) >= 11 is 5.87. The van der Waals surface area contributed by atoms with Gasteiger partial charge in [0.25, 0.3) is 0 Å². The lowest BCUT2D eigenvalue weighted by Gasteiger charge is -2.10. The monoisotopic (exact) mass is 210 g/mol. The molecule has 1 unspecified atom stereocenters. The van der Waals surface area contributed by atoms with Crippen LogP contribution < -0.4 is 5.32 Å². The number of hydrogen-bond acceptors (Lipinski definition) is 2. The van der Waals surface area contributed by atoms with Gasteiger partial charge in [-0.15, -0.1) is 0 Å². The van der Waals surface area contributed by atoms with E-state index in [1.807, 2.05) is 13.1 Å². The summed E-state index contributed by atoms with van der Waals surface area (Å²) < 4.78 is 0. The van der Waals surface area contributed by atoms with Crippen LogP contribution in [0.1, 0.15) is 24.0 Å². The second-order valence-corrected chi connectivity index (χ2v) is 4.31. The Kier molecular flexibility index (Phi) is 3.04. The zero-order valence-electron chi connectivity index (χ0n) is 8.39. The minimum atomic E-state index is 0.619. The molecule has 1 aromatic rings.